The molecule has 0 fully saturated rings. The number of phenols is 1. The van der Waals surface area contributed by atoms with E-state index in [4.69, 9.17) is 0 Å². The fourth-order valence-electron chi connectivity index (χ4n) is 2.49. The molecule has 0 unspecified atom stereocenters. The number of hydrogen-bond acceptors (Lipinski definition) is 3. The molecular weight excluding hydrogens is 302 g/mol. The summed E-state index contributed by atoms with van der Waals surface area (Å²) < 4.78 is 0. The zero-order chi connectivity index (χ0) is 17.4. The topological polar surface area (TPSA) is 74.2 Å². The van der Waals surface area contributed by atoms with Crippen molar-refractivity contribution in [1.82, 2.24) is 15.6 Å². The Morgan fingerprint density at radius 3 is 2.67 bits per heavy atom. The highest BCUT2D eigenvalue weighted by atomic mass is 16.3. The number of amides is 2. The number of aromatic hydroxyl groups is 1. The summed E-state index contributed by atoms with van der Waals surface area (Å²) in [5.74, 6) is 0.272. The molecule has 24 heavy (non-hydrogen) atoms. The van der Waals surface area contributed by atoms with Gasteiger partial charge in [-0.3, -0.25) is 4.98 Å². The highest BCUT2D eigenvalue weighted by Gasteiger charge is 2.07. The lowest BCUT2D eigenvalue weighted by atomic mass is 10.1. The Kier molecular flexibility index (Phi) is 6.61. The van der Waals surface area contributed by atoms with Crippen LogP contribution in [0.1, 0.15) is 30.0 Å². The second-order valence-electron chi connectivity index (χ2n) is 6.06. The first-order chi connectivity index (χ1) is 11.5. The van der Waals surface area contributed by atoms with Crippen LogP contribution in [0.2, 0.25) is 0 Å². The van der Waals surface area contributed by atoms with Crippen molar-refractivity contribution in [2.75, 3.05) is 6.54 Å². The number of urea groups is 1. The molecule has 3 N–H and O–H groups in total. The summed E-state index contributed by atoms with van der Waals surface area (Å²) in [6, 6.07) is 9.09. The number of carbonyl (C=O) groups is 1. The van der Waals surface area contributed by atoms with Crippen molar-refractivity contribution in [3.63, 3.8) is 0 Å². The van der Waals surface area contributed by atoms with Gasteiger partial charge in [-0.15, -0.1) is 0 Å². The third-order valence-electron chi connectivity index (χ3n) is 4.00. The van der Waals surface area contributed by atoms with Gasteiger partial charge in [-0.05, 0) is 68.0 Å². The predicted octanol–water partition coefficient (Wildman–Crippen LogP) is 2.96. The monoisotopic (exact) mass is 327 g/mol. The zero-order valence-corrected chi connectivity index (χ0v) is 14.2. The average molecular weight is 327 g/mol. The number of benzene rings is 1. The lowest BCUT2D eigenvalue weighted by Crippen LogP contribution is -2.41. The molecule has 1 heterocycles. The third kappa shape index (κ3) is 5.91. The second-order valence-corrected chi connectivity index (χ2v) is 6.06. The smallest absolute Gasteiger partial charge is 0.315 e. The zero-order valence-electron chi connectivity index (χ0n) is 14.2. The van der Waals surface area contributed by atoms with Crippen LogP contribution in [0.25, 0.3) is 0 Å². The Bertz CT molecular complexity index is 656. The minimum Gasteiger partial charge on any atom is -0.508 e. The first-order valence-corrected chi connectivity index (χ1v) is 8.26. The summed E-state index contributed by atoms with van der Waals surface area (Å²) >= 11 is 0. The van der Waals surface area contributed by atoms with E-state index < -0.39 is 0 Å². The van der Waals surface area contributed by atoms with E-state index in [0.29, 0.717) is 6.54 Å². The van der Waals surface area contributed by atoms with Crippen LogP contribution in [-0.2, 0) is 12.8 Å². The van der Waals surface area contributed by atoms with Crippen LogP contribution in [0, 0.1) is 6.92 Å². The van der Waals surface area contributed by atoms with E-state index in [1.165, 1.54) is 5.56 Å². The van der Waals surface area contributed by atoms with E-state index >= 15 is 0 Å². The van der Waals surface area contributed by atoms with Gasteiger partial charge in [0, 0.05) is 25.0 Å². The van der Waals surface area contributed by atoms with Crippen molar-refractivity contribution in [2.24, 2.45) is 0 Å². The van der Waals surface area contributed by atoms with Crippen LogP contribution in [0.3, 0.4) is 0 Å². The molecule has 2 amide bonds. The number of nitrogens with one attached hydrogen (secondary N) is 2. The van der Waals surface area contributed by atoms with E-state index in [9.17, 15) is 9.90 Å². The van der Waals surface area contributed by atoms with Gasteiger partial charge in [0.15, 0.2) is 0 Å². The number of rotatable bonds is 7. The van der Waals surface area contributed by atoms with Crippen molar-refractivity contribution in [1.29, 1.82) is 0 Å². The summed E-state index contributed by atoms with van der Waals surface area (Å²) in [4.78, 5) is 16.0. The number of aromatic nitrogens is 1. The molecule has 0 bridgehead atoms. The van der Waals surface area contributed by atoms with Crippen molar-refractivity contribution in [3.8, 4) is 5.75 Å². The van der Waals surface area contributed by atoms with Crippen LogP contribution in [0.15, 0.2) is 42.7 Å². The molecule has 0 aliphatic heterocycles. The standard InChI is InChI=1S/C19H25N3O2/c1-14-13-20-11-9-17(14)10-12-21-19(24)22-15(2)3-4-16-5-7-18(23)8-6-16/h5-9,11,13,15,23H,3-4,10,12H2,1-2H3,(H2,21,22,24)/t15-/m1/s1. The van der Waals surface area contributed by atoms with Gasteiger partial charge in [0.05, 0.1) is 0 Å². The van der Waals surface area contributed by atoms with Crippen molar-refractivity contribution in [3.05, 3.63) is 59.4 Å². The largest absolute Gasteiger partial charge is 0.508 e. The number of nitrogens with zero attached hydrogens (tertiary/aromatic N) is 1. The molecular formula is C19H25N3O2. The maximum absolute atomic E-state index is 11.9. The molecule has 5 heteroatoms. The molecule has 5 nitrogen and oxygen atoms in total. The molecule has 0 aliphatic carbocycles. The molecule has 0 aliphatic rings. The van der Waals surface area contributed by atoms with E-state index in [1.807, 2.05) is 38.2 Å². The minimum atomic E-state index is -0.139. The second kappa shape index (κ2) is 8.91. The van der Waals surface area contributed by atoms with Crippen LogP contribution in [0.4, 0.5) is 4.79 Å². The highest BCUT2D eigenvalue weighted by Crippen LogP contribution is 2.12. The van der Waals surface area contributed by atoms with Crippen LogP contribution in [0.5, 0.6) is 5.75 Å². The molecule has 0 saturated carbocycles. The third-order valence-corrected chi connectivity index (χ3v) is 4.00. The number of carbonyl (C=O) groups excluding carboxylic acids is 1. The van der Waals surface area contributed by atoms with Crippen molar-refractivity contribution in [2.45, 2.75) is 39.2 Å². The van der Waals surface area contributed by atoms with Crippen LogP contribution in [-0.4, -0.2) is 28.7 Å². The highest BCUT2D eigenvalue weighted by molar-refractivity contribution is 5.74. The van der Waals surface area contributed by atoms with E-state index in [0.717, 1.165) is 30.4 Å². The number of aryl methyl sites for hydroxylation is 2. The van der Waals surface area contributed by atoms with Crippen LogP contribution < -0.4 is 10.6 Å². The Balaban J connectivity index is 1.66. The Morgan fingerprint density at radius 2 is 1.96 bits per heavy atom. The van der Waals surface area contributed by atoms with Gasteiger partial charge in [0.1, 0.15) is 5.75 Å². The maximum Gasteiger partial charge on any atom is 0.315 e. The fourth-order valence-corrected chi connectivity index (χ4v) is 2.49. The van der Waals surface area contributed by atoms with Crippen molar-refractivity contribution < 1.29 is 9.90 Å². The Morgan fingerprint density at radius 1 is 1.21 bits per heavy atom. The minimum absolute atomic E-state index is 0.0847. The molecule has 2 rings (SSSR count). The summed E-state index contributed by atoms with van der Waals surface area (Å²) in [5.41, 5.74) is 3.49. The van der Waals surface area contributed by atoms with Crippen molar-refractivity contribution >= 4 is 6.03 Å². The normalized spacial score (nSPS) is 11.8. The molecule has 1 aromatic carbocycles. The van der Waals surface area contributed by atoms with Gasteiger partial charge in [-0.1, -0.05) is 12.1 Å². The average Bonchev–Trinajstić information content (AvgIpc) is 2.56. The predicted molar refractivity (Wildman–Crippen MR) is 95.1 cm³/mol. The van der Waals surface area contributed by atoms with E-state index in [-0.39, 0.29) is 17.8 Å². The first kappa shape index (κ1) is 17.8. The van der Waals surface area contributed by atoms with Gasteiger partial charge in [-0.25, -0.2) is 4.79 Å². The fraction of sp³-hybridized carbons (Fsp3) is 0.368. The maximum atomic E-state index is 11.9. The quantitative estimate of drug-likeness (QED) is 0.732. The summed E-state index contributed by atoms with van der Waals surface area (Å²) in [6.45, 7) is 4.61. The Hall–Kier alpha value is -2.56. The van der Waals surface area contributed by atoms with Crippen LogP contribution >= 0.6 is 0 Å². The number of pyridine rings is 1. The number of hydrogen-bond donors (Lipinski definition) is 3. The lowest BCUT2D eigenvalue weighted by molar-refractivity contribution is 0.237. The number of phenolic OH excluding ortho intramolecular Hbond substituents is 1. The van der Waals surface area contributed by atoms with E-state index in [1.54, 1.807) is 18.3 Å². The molecule has 1 atom stereocenters. The molecule has 2 aromatic rings. The van der Waals surface area contributed by atoms with Gasteiger partial charge >= 0.3 is 6.03 Å². The van der Waals surface area contributed by atoms with Gasteiger partial charge < -0.3 is 15.7 Å². The molecule has 0 saturated heterocycles. The molecule has 1 aromatic heterocycles. The Labute approximate surface area is 143 Å². The van der Waals surface area contributed by atoms with E-state index in [2.05, 4.69) is 15.6 Å². The summed E-state index contributed by atoms with van der Waals surface area (Å²) in [5, 5.41) is 15.1. The van der Waals surface area contributed by atoms with Gasteiger partial charge in [0.25, 0.3) is 0 Å². The lowest BCUT2D eigenvalue weighted by Gasteiger charge is -2.15. The molecule has 0 spiro atoms. The molecule has 0 radical (unpaired) electrons. The summed E-state index contributed by atoms with van der Waals surface area (Å²) in [6.07, 6.45) is 6.11. The first-order valence-electron chi connectivity index (χ1n) is 8.26. The SMILES string of the molecule is Cc1cnccc1CCNC(=O)N[C@H](C)CCc1ccc(O)cc1. The van der Waals surface area contributed by atoms with Gasteiger partial charge in [-0.2, -0.15) is 0 Å². The van der Waals surface area contributed by atoms with Gasteiger partial charge in [0.2, 0.25) is 0 Å². The summed E-state index contributed by atoms with van der Waals surface area (Å²) in [7, 11) is 0. The molecule has 128 valence electrons.